The Hall–Kier alpha value is -0.890. The zero-order valence-corrected chi connectivity index (χ0v) is 12.7. The molecular weight excluding hydrogens is 288 g/mol. The molecule has 0 saturated carbocycles. The van der Waals surface area contributed by atoms with Crippen LogP contribution in [0.5, 0.6) is 0 Å². The summed E-state index contributed by atoms with van der Waals surface area (Å²) in [5, 5.41) is 0.154. The number of anilines is 1. The lowest BCUT2D eigenvalue weighted by molar-refractivity contribution is 0.434. The number of nitrogens with two attached hydrogens (primary N) is 1. The maximum atomic E-state index is 12.2. The number of nitrogens with one attached hydrogen (secondary N) is 2. The van der Waals surface area contributed by atoms with E-state index in [4.69, 9.17) is 17.4 Å². The number of nitrogen functional groups attached to an aromatic ring is 1. The summed E-state index contributed by atoms with van der Waals surface area (Å²) >= 11 is 5.86. The van der Waals surface area contributed by atoms with E-state index in [1.165, 1.54) is 12.3 Å². The van der Waals surface area contributed by atoms with Crippen molar-refractivity contribution in [2.45, 2.75) is 38.1 Å². The highest BCUT2D eigenvalue weighted by atomic mass is 35.5. The fourth-order valence-corrected chi connectivity index (χ4v) is 3.06. The molecule has 4 N–H and O–H groups in total. The van der Waals surface area contributed by atoms with Gasteiger partial charge in [0, 0.05) is 12.2 Å². The molecule has 1 heterocycles. The molecule has 0 aliphatic rings. The van der Waals surface area contributed by atoms with Gasteiger partial charge in [-0.3, -0.25) is 0 Å². The van der Waals surface area contributed by atoms with Crippen molar-refractivity contribution in [3.63, 3.8) is 0 Å². The molecule has 8 heteroatoms. The molecule has 2 atom stereocenters. The molecule has 0 aliphatic heterocycles. The third kappa shape index (κ3) is 4.04. The summed E-state index contributed by atoms with van der Waals surface area (Å²) in [5.74, 6) is 5.66. The second-order valence-corrected chi connectivity index (χ2v) is 6.56. The maximum Gasteiger partial charge on any atom is 0.242 e. The molecule has 6 nitrogen and oxygen atoms in total. The minimum Gasteiger partial charge on any atom is -0.307 e. The van der Waals surface area contributed by atoms with Gasteiger partial charge in [-0.05, 0) is 18.9 Å². The van der Waals surface area contributed by atoms with Gasteiger partial charge in [0.05, 0.1) is 5.02 Å². The molecule has 0 radical (unpaired) electrons. The van der Waals surface area contributed by atoms with E-state index in [2.05, 4.69) is 15.1 Å². The molecule has 0 spiro atoms. The second kappa shape index (κ2) is 6.51. The molecule has 0 aromatic carbocycles. The molecule has 0 fully saturated rings. The number of hydrazine groups is 1. The Morgan fingerprint density at radius 1 is 1.47 bits per heavy atom. The molecular formula is C11H19ClN4O2S. The number of sulfonamides is 1. The molecule has 0 amide bonds. The lowest BCUT2D eigenvalue weighted by Gasteiger charge is -2.19. The summed E-state index contributed by atoms with van der Waals surface area (Å²) in [7, 11) is -3.63. The highest BCUT2D eigenvalue weighted by Gasteiger charge is 2.21. The van der Waals surface area contributed by atoms with E-state index in [1.807, 2.05) is 20.8 Å². The summed E-state index contributed by atoms with van der Waals surface area (Å²) < 4.78 is 26.9. The summed E-state index contributed by atoms with van der Waals surface area (Å²) in [6, 6.07) is 1.15. The van der Waals surface area contributed by atoms with E-state index >= 15 is 0 Å². The predicted molar refractivity (Wildman–Crippen MR) is 76.3 cm³/mol. The van der Waals surface area contributed by atoms with Crippen molar-refractivity contribution in [1.82, 2.24) is 9.71 Å². The summed E-state index contributed by atoms with van der Waals surface area (Å²) in [4.78, 5) is 3.87. The summed E-state index contributed by atoms with van der Waals surface area (Å²) in [6.45, 7) is 5.83. The average molecular weight is 307 g/mol. The van der Waals surface area contributed by atoms with Crippen molar-refractivity contribution in [2.24, 2.45) is 11.8 Å². The van der Waals surface area contributed by atoms with Crippen molar-refractivity contribution < 1.29 is 8.42 Å². The van der Waals surface area contributed by atoms with Gasteiger partial charge in [0.15, 0.2) is 5.82 Å². The second-order valence-electron chi connectivity index (χ2n) is 4.44. The first kappa shape index (κ1) is 16.2. The van der Waals surface area contributed by atoms with Crippen molar-refractivity contribution in [3.8, 4) is 0 Å². The van der Waals surface area contributed by atoms with Gasteiger partial charge in [-0.2, -0.15) is 0 Å². The molecule has 19 heavy (non-hydrogen) atoms. The molecule has 108 valence electrons. The van der Waals surface area contributed by atoms with Crippen LogP contribution < -0.4 is 16.0 Å². The minimum atomic E-state index is -3.63. The number of halogens is 1. The van der Waals surface area contributed by atoms with Gasteiger partial charge in [0.25, 0.3) is 0 Å². The maximum absolute atomic E-state index is 12.2. The van der Waals surface area contributed by atoms with Crippen LogP contribution in [0.15, 0.2) is 17.2 Å². The first-order chi connectivity index (χ1) is 8.81. The third-order valence-corrected chi connectivity index (χ3v) is 4.92. The largest absolute Gasteiger partial charge is 0.307 e. The van der Waals surface area contributed by atoms with Crippen LogP contribution in [-0.4, -0.2) is 19.4 Å². The van der Waals surface area contributed by atoms with Crippen LogP contribution in [0.4, 0.5) is 5.82 Å². The normalized spacial score (nSPS) is 15.0. The molecule has 0 aliphatic carbocycles. The van der Waals surface area contributed by atoms with Gasteiger partial charge < -0.3 is 5.43 Å². The smallest absolute Gasteiger partial charge is 0.242 e. The lowest BCUT2D eigenvalue weighted by atomic mass is 10.0. The predicted octanol–water partition coefficient (Wildman–Crippen LogP) is 1.73. The Morgan fingerprint density at radius 2 is 2.11 bits per heavy atom. The van der Waals surface area contributed by atoms with E-state index in [9.17, 15) is 8.42 Å². The van der Waals surface area contributed by atoms with Crippen molar-refractivity contribution >= 4 is 27.4 Å². The van der Waals surface area contributed by atoms with Gasteiger partial charge in [-0.1, -0.05) is 31.9 Å². The molecule has 0 bridgehead atoms. The fourth-order valence-electron chi connectivity index (χ4n) is 1.46. The van der Waals surface area contributed by atoms with Crippen molar-refractivity contribution in [3.05, 3.63) is 17.3 Å². The van der Waals surface area contributed by atoms with Crippen LogP contribution in [-0.2, 0) is 10.0 Å². The van der Waals surface area contributed by atoms with E-state index in [0.29, 0.717) is 0 Å². The number of rotatable bonds is 6. The van der Waals surface area contributed by atoms with Crippen LogP contribution in [0, 0.1) is 5.92 Å². The zero-order valence-electron chi connectivity index (χ0n) is 11.1. The molecule has 1 aromatic rings. The Morgan fingerprint density at radius 3 is 2.58 bits per heavy atom. The summed E-state index contributed by atoms with van der Waals surface area (Å²) in [6.07, 6.45) is 2.10. The van der Waals surface area contributed by atoms with Crippen LogP contribution in [0.1, 0.15) is 27.2 Å². The first-order valence-corrected chi connectivity index (χ1v) is 7.82. The van der Waals surface area contributed by atoms with Crippen LogP contribution in [0.3, 0.4) is 0 Å². The van der Waals surface area contributed by atoms with Crippen LogP contribution in [0.2, 0.25) is 5.02 Å². The van der Waals surface area contributed by atoms with E-state index in [0.717, 1.165) is 6.42 Å². The fraction of sp³-hybridized carbons (Fsp3) is 0.545. The Kier molecular flexibility index (Phi) is 5.54. The van der Waals surface area contributed by atoms with Crippen LogP contribution in [0.25, 0.3) is 0 Å². The number of hydrogen-bond acceptors (Lipinski definition) is 5. The minimum absolute atomic E-state index is 0.0200. The van der Waals surface area contributed by atoms with Gasteiger partial charge in [0.2, 0.25) is 10.0 Å². The van der Waals surface area contributed by atoms with Crippen molar-refractivity contribution in [2.75, 3.05) is 5.43 Å². The monoisotopic (exact) mass is 306 g/mol. The van der Waals surface area contributed by atoms with Gasteiger partial charge in [-0.25, -0.2) is 24.0 Å². The molecule has 1 rings (SSSR count). The standard InChI is InChI=1S/C11H19ClN4O2S/c1-4-7(2)8(3)16-19(17,18)9-5-10(12)11(15-13)14-6-9/h5-8,16H,4,13H2,1-3H3,(H,14,15). The number of hydrogen-bond donors (Lipinski definition) is 3. The quantitative estimate of drug-likeness (QED) is 0.549. The highest BCUT2D eigenvalue weighted by Crippen LogP contribution is 2.22. The molecule has 2 unspecified atom stereocenters. The molecule has 0 saturated heterocycles. The van der Waals surface area contributed by atoms with Crippen LogP contribution >= 0.6 is 11.6 Å². The van der Waals surface area contributed by atoms with Gasteiger partial charge in [-0.15, -0.1) is 0 Å². The lowest BCUT2D eigenvalue weighted by Crippen LogP contribution is -2.36. The molecule has 1 aromatic heterocycles. The Bertz CT molecular complexity index is 535. The van der Waals surface area contributed by atoms with Crippen molar-refractivity contribution in [1.29, 1.82) is 0 Å². The highest BCUT2D eigenvalue weighted by molar-refractivity contribution is 7.89. The number of aromatic nitrogens is 1. The summed E-state index contributed by atoms with van der Waals surface area (Å²) in [5.41, 5.74) is 2.28. The third-order valence-electron chi connectivity index (χ3n) is 3.10. The Labute approximate surface area is 118 Å². The average Bonchev–Trinajstić information content (AvgIpc) is 2.37. The van der Waals surface area contributed by atoms with Gasteiger partial charge >= 0.3 is 0 Å². The van der Waals surface area contributed by atoms with E-state index < -0.39 is 10.0 Å². The van der Waals surface area contributed by atoms with E-state index in [1.54, 1.807) is 0 Å². The topological polar surface area (TPSA) is 97.1 Å². The first-order valence-electron chi connectivity index (χ1n) is 5.96. The zero-order chi connectivity index (χ0) is 14.6. The van der Waals surface area contributed by atoms with E-state index in [-0.39, 0.29) is 27.7 Å². The number of pyridine rings is 1. The number of nitrogens with zero attached hydrogens (tertiary/aromatic N) is 1. The SMILES string of the molecule is CCC(C)C(C)NS(=O)(=O)c1cnc(NN)c(Cl)c1. The van der Waals surface area contributed by atoms with Gasteiger partial charge in [0.1, 0.15) is 4.90 Å². The Balaban J connectivity index is 2.98.